The summed E-state index contributed by atoms with van der Waals surface area (Å²) in [6, 6.07) is 0. The van der Waals surface area contributed by atoms with Gasteiger partial charge in [0.1, 0.15) is 0 Å². The molecule has 0 N–H and O–H groups in total. The van der Waals surface area contributed by atoms with E-state index in [9.17, 15) is 0 Å². The van der Waals surface area contributed by atoms with Crippen molar-refractivity contribution in [3.05, 3.63) is 0 Å². The average Bonchev–Trinajstić information content (AvgIpc) is 2.05. The summed E-state index contributed by atoms with van der Waals surface area (Å²) in [7, 11) is 0. The zero-order valence-corrected chi connectivity index (χ0v) is 9.90. The van der Waals surface area contributed by atoms with Gasteiger partial charge in [-0.05, 0) is 26.2 Å². The summed E-state index contributed by atoms with van der Waals surface area (Å²) in [6.45, 7) is 15.6. The van der Waals surface area contributed by atoms with Crippen molar-refractivity contribution in [2.45, 2.75) is 60.5 Å². The SMILES string of the molecule is CC.CCC(C)(C)OCC(C)C. The smallest absolute Gasteiger partial charge is 0.0624 e. The predicted octanol–water partition coefficient (Wildman–Crippen LogP) is 3.87. The first-order valence-electron chi connectivity index (χ1n) is 5.12. The molecule has 0 aromatic carbocycles. The molecule has 12 heavy (non-hydrogen) atoms. The summed E-state index contributed by atoms with van der Waals surface area (Å²) in [5.41, 5.74) is 0.0737. The van der Waals surface area contributed by atoms with Crippen LogP contribution in [0.4, 0.5) is 0 Å². The molecular formula is C11H26O. The number of ether oxygens (including phenoxy) is 1. The Balaban J connectivity index is 0. The van der Waals surface area contributed by atoms with E-state index in [2.05, 4.69) is 34.6 Å². The zero-order chi connectivity index (χ0) is 10.2. The molecule has 0 unspecified atom stereocenters. The summed E-state index contributed by atoms with van der Waals surface area (Å²) in [5.74, 6) is 0.644. The van der Waals surface area contributed by atoms with Gasteiger partial charge in [-0.2, -0.15) is 0 Å². The standard InChI is InChI=1S/C9H20O.C2H6/c1-6-9(4,5)10-7-8(2)3;1-2/h8H,6-7H2,1-5H3;1-2H3. The number of hydrogen-bond donors (Lipinski definition) is 0. The number of rotatable bonds is 4. The lowest BCUT2D eigenvalue weighted by Crippen LogP contribution is -2.25. The van der Waals surface area contributed by atoms with Crippen molar-refractivity contribution in [3.63, 3.8) is 0 Å². The topological polar surface area (TPSA) is 9.23 Å². The second-order valence-electron chi connectivity index (χ2n) is 3.82. The first-order valence-corrected chi connectivity index (χ1v) is 5.12. The van der Waals surface area contributed by atoms with Crippen molar-refractivity contribution in [3.8, 4) is 0 Å². The molecular weight excluding hydrogens is 148 g/mol. The third-order valence-electron chi connectivity index (χ3n) is 1.66. The minimum atomic E-state index is 0.0737. The van der Waals surface area contributed by atoms with E-state index in [1.807, 2.05) is 13.8 Å². The van der Waals surface area contributed by atoms with E-state index in [1.54, 1.807) is 0 Å². The normalized spacial score (nSPS) is 11.0. The summed E-state index contributed by atoms with van der Waals surface area (Å²) in [6.07, 6.45) is 1.08. The molecule has 1 heteroatoms. The third-order valence-corrected chi connectivity index (χ3v) is 1.66. The van der Waals surface area contributed by atoms with Gasteiger partial charge in [0.15, 0.2) is 0 Å². The highest BCUT2D eigenvalue weighted by Gasteiger charge is 2.14. The molecule has 0 spiro atoms. The van der Waals surface area contributed by atoms with Crippen LogP contribution in [-0.2, 0) is 4.74 Å². The van der Waals surface area contributed by atoms with E-state index in [0.717, 1.165) is 13.0 Å². The van der Waals surface area contributed by atoms with Crippen molar-refractivity contribution in [2.24, 2.45) is 5.92 Å². The van der Waals surface area contributed by atoms with Crippen LogP contribution >= 0.6 is 0 Å². The molecule has 0 saturated heterocycles. The Morgan fingerprint density at radius 2 is 1.58 bits per heavy atom. The minimum absolute atomic E-state index is 0.0737. The Morgan fingerprint density at radius 3 is 1.83 bits per heavy atom. The van der Waals surface area contributed by atoms with Crippen LogP contribution < -0.4 is 0 Å². The molecule has 0 heterocycles. The first kappa shape index (κ1) is 14.5. The van der Waals surface area contributed by atoms with Gasteiger partial charge in [0.2, 0.25) is 0 Å². The fraction of sp³-hybridized carbons (Fsp3) is 1.00. The molecule has 76 valence electrons. The van der Waals surface area contributed by atoms with E-state index >= 15 is 0 Å². The molecule has 0 amide bonds. The van der Waals surface area contributed by atoms with Crippen LogP contribution in [0.2, 0.25) is 0 Å². The summed E-state index contributed by atoms with van der Waals surface area (Å²) in [5, 5.41) is 0. The summed E-state index contributed by atoms with van der Waals surface area (Å²) < 4.78 is 5.64. The van der Waals surface area contributed by atoms with Crippen molar-refractivity contribution >= 4 is 0 Å². The highest BCUT2D eigenvalue weighted by Crippen LogP contribution is 2.14. The van der Waals surface area contributed by atoms with Gasteiger partial charge >= 0.3 is 0 Å². The lowest BCUT2D eigenvalue weighted by molar-refractivity contribution is -0.0327. The molecule has 0 aliphatic carbocycles. The third kappa shape index (κ3) is 9.96. The largest absolute Gasteiger partial charge is 0.375 e. The van der Waals surface area contributed by atoms with Gasteiger partial charge in [0.25, 0.3) is 0 Å². The molecule has 0 aliphatic heterocycles. The maximum absolute atomic E-state index is 5.64. The van der Waals surface area contributed by atoms with Crippen molar-refractivity contribution in [1.29, 1.82) is 0 Å². The fourth-order valence-corrected chi connectivity index (χ4v) is 0.494. The molecule has 1 nitrogen and oxygen atoms in total. The van der Waals surface area contributed by atoms with Gasteiger partial charge in [-0.3, -0.25) is 0 Å². The Hall–Kier alpha value is -0.0400. The molecule has 0 aliphatic rings. The van der Waals surface area contributed by atoms with Crippen LogP contribution in [0.1, 0.15) is 54.9 Å². The van der Waals surface area contributed by atoms with Crippen molar-refractivity contribution < 1.29 is 4.74 Å². The maximum atomic E-state index is 5.64. The van der Waals surface area contributed by atoms with Gasteiger partial charge in [-0.1, -0.05) is 34.6 Å². The van der Waals surface area contributed by atoms with Crippen molar-refractivity contribution in [1.82, 2.24) is 0 Å². The van der Waals surface area contributed by atoms with Crippen LogP contribution in [-0.4, -0.2) is 12.2 Å². The van der Waals surface area contributed by atoms with Gasteiger partial charge < -0.3 is 4.74 Å². The first-order chi connectivity index (χ1) is 5.48. The van der Waals surface area contributed by atoms with Crippen LogP contribution in [0.15, 0.2) is 0 Å². The zero-order valence-electron chi connectivity index (χ0n) is 9.90. The Morgan fingerprint density at radius 1 is 1.17 bits per heavy atom. The molecule has 0 rings (SSSR count). The summed E-state index contributed by atoms with van der Waals surface area (Å²) >= 11 is 0. The fourth-order valence-electron chi connectivity index (χ4n) is 0.494. The van der Waals surface area contributed by atoms with Crippen LogP contribution in [0.5, 0.6) is 0 Å². The highest BCUT2D eigenvalue weighted by atomic mass is 16.5. The van der Waals surface area contributed by atoms with E-state index in [0.29, 0.717) is 5.92 Å². The highest BCUT2D eigenvalue weighted by molar-refractivity contribution is 4.65. The maximum Gasteiger partial charge on any atom is 0.0624 e. The Kier molecular flexibility index (Phi) is 9.17. The number of hydrogen-bond acceptors (Lipinski definition) is 1. The van der Waals surface area contributed by atoms with Crippen LogP contribution in [0, 0.1) is 5.92 Å². The average molecular weight is 174 g/mol. The second kappa shape index (κ2) is 7.60. The molecule has 0 atom stereocenters. The monoisotopic (exact) mass is 174 g/mol. The molecule has 0 aromatic heterocycles. The minimum Gasteiger partial charge on any atom is -0.375 e. The van der Waals surface area contributed by atoms with Gasteiger partial charge in [-0.15, -0.1) is 0 Å². The van der Waals surface area contributed by atoms with Gasteiger partial charge in [0.05, 0.1) is 5.60 Å². The van der Waals surface area contributed by atoms with Gasteiger partial charge in [-0.25, -0.2) is 0 Å². The molecule has 0 bridgehead atoms. The van der Waals surface area contributed by atoms with Crippen LogP contribution in [0.3, 0.4) is 0 Å². The predicted molar refractivity (Wildman–Crippen MR) is 56.5 cm³/mol. The second-order valence-corrected chi connectivity index (χ2v) is 3.82. The Bertz CT molecular complexity index is 85.0. The van der Waals surface area contributed by atoms with E-state index in [1.165, 1.54) is 0 Å². The molecule has 0 fully saturated rings. The van der Waals surface area contributed by atoms with Crippen LogP contribution in [0.25, 0.3) is 0 Å². The quantitative estimate of drug-likeness (QED) is 0.628. The van der Waals surface area contributed by atoms with E-state index in [4.69, 9.17) is 4.74 Å². The summed E-state index contributed by atoms with van der Waals surface area (Å²) in [4.78, 5) is 0. The lowest BCUT2D eigenvalue weighted by atomic mass is 10.1. The van der Waals surface area contributed by atoms with E-state index < -0.39 is 0 Å². The van der Waals surface area contributed by atoms with Crippen molar-refractivity contribution in [2.75, 3.05) is 6.61 Å². The van der Waals surface area contributed by atoms with Gasteiger partial charge in [0, 0.05) is 6.61 Å². The molecule has 0 saturated carbocycles. The van der Waals surface area contributed by atoms with E-state index in [-0.39, 0.29) is 5.60 Å². The lowest BCUT2D eigenvalue weighted by Gasteiger charge is -2.24. The molecule has 0 aromatic rings. The molecule has 0 radical (unpaired) electrons. The Labute approximate surface area is 78.5 Å².